The summed E-state index contributed by atoms with van der Waals surface area (Å²) < 4.78 is 76.6. The van der Waals surface area contributed by atoms with Gasteiger partial charge in [-0.15, -0.1) is 0 Å². The molecule has 1 aliphatic rings. The number of carbonyl (C=O) groups excluding carboxylic acids is 2. The summed E-state index contributed by atoms with van der Waals surface area (Å²) in [5.74, 6) is -4.19. The van der Waals surface area contributed by atoms with Crippen molar-refractivity contribution in [2.75, 3.05) is 0 Å². The molecule has 228 valence electrons. The van der Waals surface area contributed by atoms with E-state index in [0.717, 1.165) is 12.1 Å². The zero-order chi connectivity index (χ0) is 32.3. The summed E-state index contributed by atoms with van der Waals surface area (Å²) in [6, 6.07) is 21.3. The molecule has 0 fully saturated rings. The van der Waals surface area contributed by atoms with Gasteiger partial charge in [0.2, 0.25) is 0 Å². The molecule has 2 unspecified atom stereocenters. The van der Waals surface area contributed by atoms with Crippen molar-refractivity contribution in [3.8, 4) is 11.8 Å². The van der Waals surface area contributed by atoms with Crippen molar-refractivity contribution in [2.45, 2.75) is 44.4 Å². The van der Waals surface area contributed by atoms with E-state index in [4.69, 9.17) is 10.00 Å². The molecule has 1 aliphatic carbocycles. The normalized spacial score (nSPS) is 16.2. The molecule has 0 N–H and O–H groups in total. The number of rotatable bonds is 9. The molecule has 4 aromatic carbocycles. The quantitative estimate of drug-likeness (QED) is 0.107. The maximum Gasteiger partial charge on any atom is 0.417 e. The van der Waals surface area contributed by atoms with Crippen LogP contribution in [0.1, 0.15) is 73.7 Å². The molecule has 9 heteroatoms. The summed E-state index contributed by atoms with van der Waals surface area (Å²) in [5.41, 5.74) is 0.463. The van der Waals surface area contributed by atoms with Crippen molar-refractivity contribution >= 4 is 11.6 Å². The highest BCUT2D eigenvalue weighted by molar-refractivity contribution is 6.11. The van der Waals surface area contributed by atoms with Crippen LogP contribution < -0.4 is 4.74 Å². The second-order valence-electron chi connectivity index (χ2n) is 10.7. The van der Waals surface area contributed by atoms with Crippen LogP contribution in [-0.2, 0) is 19.2 Å². The molecule has 0 heterocycles. The molecule has 5 rings (SSSR count). The van der Waals surface area contributed by atoms with Gasteiger partial charge >= 0.3 is 6.18 Å². The molecule has 0 amide bonds. The minimum atomic E-state index is -4.96. The SMILES string of the molecule is CCc1c(OCc2cccc(C(=O)C#N)c2)cccc1C1CC(c2ccc(F)cc2)C=C1C(=O)c1c(F)cccc1C(F)(F)F. The Labute approximate surface area is 256 Å². The van der Waals surface area contributed by atoms with Crippen molar-refractivity contribution in [3.05, 3.63) is 147 Å². The topological polar surface area (TPSA) is 67.2 Å². The van der Waals surface area contributed by atoms with Crippen LogP contribution in [0.4, 0.5) is 22.0 Å². The molecule has 0 saturated heterocycles. The summed E-state index contributed by atoms with van der Waals surface area (Å²) in [4.78, 5) is 25.7. The number of ketones is 2. The lowest BCUT2D eigenvalue weighted by Gasteiger charge is -2.22. The van der Waals surface area contributed by atoms with Crippen molar-refractivity contribution in [1.82, 2.24) is 0 Å². The van der Waals surface area contributed by atoms with E-state index in [1.165, 1.54) is 18.2 Å². The number of alkyl halides is 3. The van der Waals surface area contributed by atoms with Crippen molar-refractivity contribution in [1.29, 1.82) is 5.26 Å². The van der Waals surface area contributed by atoms with Gasteiger partial charge in [0.1, 0.15) is 30.1 Å². The molecule has 0 spiro atoms. The summed E-state index contributed by atoms with van der Waals surface area (Å²) in [7, 11) is 0. The second-order valence-corrected chi connectivity index (χ2v) is 10.7. The Bertz CT molecular complexity index is 1840. The van der Waals surface area contributed by atoms with E-state index < -0.39 is 52.3 Å². The first kappa shape index (κ1) is 31.3. The Balaban J connectivity index is 1.55. The Kier molecular flexibility index (Phi) is 8.96. The number of nitrogens with zero attached hydrogens (tertiary/aromatic N) is 1. The Hall–Kier alpha value is -5.10. The van der Waals surface area contributed by atoms with Gasteiger partial charge in [-0.2, -0.15) is 18.4 Å². The lowest BCUT2D eigenvalue weighted by atomic mass is 9.83. The smallest absolute Gasteiger partial charge is 0.417 e. The highest BCUT2D eigenvalue weighted by atomic mass is 19.4. The van der Waals surface area contributed by atoms with Crippen LogP contribution in [0.3, 0.4) is 0 Å². The standard InChI is InChI=1S/C36H26F5NO3/c1-2-26-27(8-4-11-33(26)45-20-21-6-3-7-23(16-21)32(43)19-42)28-17-24(22-12-14-25(37)15-13-22)18-29(28)35(44)34-30(36(39,40)41)9-5-10-31(34)38/h3-16,18,24,28H,2,17,20H2,1H3. The molecule has 0 bridgehead atoms. The number of allylic oxidation sites excluding steroid dienone is 2. The first-order valence-corrected chi connectivity index (χ1v) is 14.2. The predicted octanol–water partition coefficient (Wildman–Crippen LogP) is 8.91. The number of halogens is 5. The minimum Gasteiger partial charge on any atom is -0.489 e. The van der Waals surface area contributed by atoms with E-state index in [1.807, 2.05) is 6.92 Å². The largest absolute Gasteiger partial charge is 0.489 e. The van der Waals surface area contributed by atoms with Crippen molar-refractivity contribution in [2.24, 2.45) is 0 Å². The van der Waals surface area contributed by atoms with Crippen LogP contribution in [0, 0.1) is 23.0 Å². The van der Waals surface area contributed by atoms with Gasteiger partial charge < -0.3 is 4.74 Å². The van der Waals surface area contributed by atoms with E-state index in [1.54, 1.807) is 60.7 Å². The predicted molar refractivity (Wildman–Crippen MR) is 157 cm³/mol. The third-order valence-corrected chi connectivity index (χ3v) is 7.94. The third-order valence-electron chi connectivity index (χ3n) is 7.94. The molecule has 0 aliphatic heterocycles. The monoisotopic (exact) mass is 615 g/mol. The second kappa shape index (κ2) is 12.9. The van der Waals surface area contributed by atoms with Crippen LogP contribution in [0.15, 0.2) is 96.6 Å². The average Bonchev–Trinajstić information content (AvgIpc) is 3.48. The maximum atomic E-state index is 15.0. The van der Waals surface area contributed by atoms with Crippen LogP contribution >= 0.6 is 0 Å². The zero-order valence-electron chi connectivity index (χ0n) is 24.0. The van der Waals surface area contributed by atoms with Gasteiger partial charge in [0.05, 0.1) is 11.1 Å². The van der Waals surface area contributed by atoms with Crippen LogP contribution in [0.5, 0.6) is 5.75 Å². The number of benzene rings is 4. The zero-order valence-corrected chi connectivity index (χ0v) is 24.0. The molecule has 0 aromatic heterocycles. The van der Waals surface area contributed by atoms with Gasteiger partial charge in [-0.3, -0.25) is 9.59 Å². The fourth-order valence-corrected chi connectivity index (χ4v) is 5.84. The highest BCUT2D eigenvalue weighted by Crippen LogP contribution is 2.47. The Morgan fingerprint density at radius 3 is 2.36 bits per heavy atom. The Morgan fingerprint density at radius 2 is 1.67 bits per heavy atom. The van der Waals surface area contributed by atoms with Gasteiger partial charge in [0.25, 0.3) is 5.78 Å². The van der Waals surface area contributed by atoms with E-state index in [-0.39, 0.29) is 24.2 Å². The van der Waals surface area contributed by atoms with Gasteiger partial charge in [-0.05, 0) is 71.5 Å². The molecule has 2 atom stereocenters. The van der Waals surface area contributed by atoms with Crippen LogP contribution in [-0.4, -0.2) is 11.6 Å². The van der Waals surface area contributed by atoms with E-state index in [9.17, 15) is 27.2 Å². The maximum absolute atomic E-state index is 15.0. The summed E-state index contributed by atoms with van der Waals surface area (Å²) in [6.07, 6.45) is -2.70. The summed E-state index contributed by atoms with van der Waals surface area (Å²) >= 11 is 0. The first-order chi connectivity index (χ1) is 21.5. The van der Waals surface area contributed by atoms with Gasteiger partial charge in [-0.1, -0.05) is 61.5 Å². The number of Topliss-reactive ketones (excluding diaryl/α,β-unsaturated/α-hetero) is 2. The summed E-state index contributed by atoms with van der Waals surface area (Å²) in [5, 5.41) is 8.94. The van der Waals surface area contributed by atoms with E-state index in [0.29, 0.717) is 40.5 Å². The van der Waals surface area contributed by atoms with Crippen LogP contribution in [0.2, 0.25) is 0 Å². The Morgan fingerprint density at radius 1 is 0.956 bits per heavy atom. The molecule has 0 saturated carbocycles. The fraction of sp³-hybridized carbons (Fsp3) is 0.194. The van der Waals surface area contributed by atoms with E-state index >= 15 is 4.39 Å². The molecule has 4 nitrogen and oxygen atoms in total. The highest BCUT2D eigenvalue weighted by Gasteiger charge is 2.41. The van der Waals surface area contributed by atoms with Gasteiger partial charge in [0.15, 0.2) is 5.78 Å². The lowest BCUT2D eigenvalue weighted by molar-refractivity contribution is -0.138. The van der Waals surface area contributed by atoms with Crippen LogP contribution in [0.25, 0.3) is 0 Å². The number of nitriles is 1. The minimum absolute atomic E-state index is 0.00879. The number of ether oxygens (including phenoxy) is 1. The molecule has 4 aromatic rings. The van der Waals surface area contributed by atoms with E-state index in [2.05, 4.69) is 0 Å². The molecule has 45 heavy (non-hydrogen) atoms. The number of carbonyl (C=O) groups is 2. The third kappa shape index (κ3) is 6.55. The molecular formula is C36H26F5NO3. The van der Waals surface area contributed by atoms with Crippen molar-refractivity contribution < 1.29 is 36.3 Å². The first-order valence-electron chi connectivity index (χ1n) is 14.2. The van der Waals surface area contributed by atoms with Crippen molar-refractivity contribution in [3.63, 3.8) is 0 Å². The van der Waals surface area contributed by atoms with Gasteiger partial charge in [-0.25, -0.2) is 8.78 Å². The van der Waals surface area contributed by atoms with Gasteiger partial charge in [0, 0.05) is 23.0 Å². The summed E-state index contributed by atoms with van der Waals surface area (Å²) in [6.45, 7) is 1.92. The fourth-order valence-electron chi connectivity index (χ4n) is 5.84. The average molecular weight is 616 g/mol. The number of hydrogen-bond acceptors (Lipinski definition) is 4. The number of hydrogen-bond donors (Lipinski definition) is 0. The lowest BCUT2D eigenvalue weighted by Crippen LogP contribution is -2.18. The molecule has 0 radical (unpaired) electrons. The molecular weight excluding hydrogens is 589 g/mol.